The van der Waals surface area contributed by atoms with E-state index in [1.165, 1.54) is 4.90 Å². The highest BCUT2D eigenvalue weighted by Gasteiger charge is 2.32. The number of carbonyl (C=O) groups is 2. The summed E-state index contributed by atoms with van der Waals surface area (Å²) in [4.78, 5) is 28.6. The number of hydrogen-bond donors (Lipinski definition) is 1. The Bertz CT molecular complexity index is 1180. The van der Waals surface area contributed by atoms with Gasteiger partial charge in [0.05, 0.1) is 0 Å². The summed E-state index contributed by atoms with van der Waals surface area (Å²) in [7, 11) is 0. The number of halogens is 3. The molecule has 0 unspecified atom stereocenters. The molecule has 3 aromatic rings. The Morgan fingerprint density at radius 1 is 0.917 bits per heavy atom. The lowest BCUT2D eigenvalue weighted by molar-refractivity contribution is -0.143. The first-order valence-corrected chi connectivity index (χ1v) is 12.6. The zero-order valence-corrected chi connectivity index (χ0v) is 22.7. The number of ether oxygens (including phenoxy) is 1. The summed E-state index contributed by atoms with van der Waals surface area (Å²) >= 11 is 18.5. The number of rotatable bonds is 9. The molecule has 190 valence electrons. The third-order valence-corrected chi connectivity index (χ3v) is 6.14. The van der Waals surface area contributed by atoms with Crippen LogP contribution in [0.5, 0.6) is 5.75 Å². The summed E-state index contributed by atoms with van der Waals surface area (Å²) in [5.41, 5.74) is 1.10. The standard InChI is InChI=1S/C28H29Cl3N2O3/c1-28(2,3)32-27(35)25(15-19-7-5-4-6-8-19)33(17-20-9-10-22(30)16-24(20)31)26(34)18-36-23-13-11-21(29)12-14-23/h4-14,16,25H,15,17-18H2,1-3H3,(H,32,35)/t25-/m1/s1. The molecule has 0 aliphatic rings. The predicted octanol–water partition coefficient (Wildman–Crippen LogP) is 6.58. The van der Waals surface area contributed by atoms with E-state index in [2.05, 4.69) is 5.32 Å². The van der Waals surface area contributed by atoms with Gasteiger partial charge in [0.25, 0.3) is 5.91 Å². The van der Waals surface area contributed by atoms with E-state index in [9.17, 15) is 9.59 Å². The first-order chi connectivity index (χ1) is 17.0. The van der Waals surface area contributed by atoms with Crippen LogP contribution in [0.2, 0.25) is 15.1 Å². The maximum Gasteiger partial charge on any atom is 0.261 e. The molecule has 0 fully saturated rings. The molecule has 0 radical (unpaired) electrons. The highest BCUT2D eigenvalue weighted by atomic mass is 35.5. The van der Waals surface area contributed by atoms with Crippen LogP contribution in [0.3, 0.4) is 0 Å². The van der Waals surface area contributed by atoms with Gasteiger partial charge in [0.2, 0.25) is 5.91 Å². The van der Waals surface area contributed by atoms with Crippen LogP contribution in [-0.4, -0.2) is 34.9 Å². The SMILES string of the molecule is CC(C)(C)NC(=O)[C@@H](Cc1ccccc1)N(Cc1ccc(Cl)cc1Cl)C(=O)COc1ccc(Cl)cc1. The van der Waals surface area contributed by atoms with E-state index in [1.54, 1.807) is 42.5 Å². The lowest BCUT2D eigenvalue weighted by atomic mass is 10.0. The second-order valence-corrected chi connectivity index (χ2v) is 10.7. The fourth-order valence-corrected chi connectivity index (χ4v) is 4.19. The predicted molar refractivity (Wildman–Crippen MR) is 146 cm³/mol. The average Bonchev–Trinajstić information content (AvgIpc) is 2.81. The molecule has 0 spiro atoms. The molecule has 36 heavy (non-hydrogen) atoms. The van der Waals surface area contributed by atoms with Gasteiger partial charge in [-0.3, -0.25) is 9.59 Å². The second-order valence-electron chi connectivity index (χ2n) is 9.44. The Morgan fingerprint density at radius 3 is 2.17 bits per heavy atom. The largest absolute Gasteiger partial charge is 0.484 e. The van der Waals surface area contributed by atoms with Gasteiger partial charge >= 0.3 is 0 Å². The van der Waals surface area contributed by atoms with Crippen molar-refractivity contribution < 1.29 is 14.3 Å². The van der Waals surface area contributed by atoms with Crippen LogP contribution in [-0.2, 0) is 22.6 Å². The fraction of sp³-hybridized carbons (Fsp3) is 0.286. The van der Waals surface area contributed by atoms with Crippen molar-refractivity contribution in [1.82, 2.24) is 10.2 Å². The van der Waals surface area contributed by atoms with E-state index in [1.807, 2.05) is 51.1 Å². The van der Waals surface area contributed by atoms with Gasteiger partial charge in [0.1, 0.15) is 11.8 Å². The van der Waals surface area contributed by atoms with Crippen molar-refractivity contribution in [2.24, 2.45) is 0 Å². The van der Waals surface area contributed by atoms with Crippen molar-refractivity contribution in [2.75, 3.05) is 6.61 Å². The number of nitrogens with zero attached hydrogens (tertiary/aromatic N) is 1. The Labute approximate surface area is 227 Å². The number of benzene rings is 3. The minimum Gasteiger partial charge on any atom is -0.484 e. The number of nitrogens with one attached hydrogen (secondary N) is 1. The molecule has 2 amide bonds. The molecular weight excluding hydrogens is 519 g/mol. The fourth-order valence-electron chi connectivity index (χ4n) is 3.60. The van der Waals surface area contributed by atoms with E-state index >= 15 is 0 Å². The van der Waals surface area contributed by atoms with Gasteiger partial charge in [-0.2, -0.15) is 0 Å². The molecule has 3 aromatic carbocycles. The van der Waals surface area contributed by atoms with E-state index in [0.717, 1.165) is 5.56 Å². The van der Waals surface area contributed by atoms with Crippen molar-refractivity contribution >= 4 is 46.6 Å². The summed E-state index contributed by atoms with van der Waals surface area (Å²) in [5, 5.41) is 4.48. The van der Waals surface area contributed by atoms with Gasteiger partial charge in [0.15, 0.2) is 6.61 Å². The first-order valence-electron chi connectivity index (χ1n) is 11.5. The van der Waals surface area contributed by atoms with Gasteiger partial charge in [0, 0.05) is 33.6 Å². The molecule has 0 aliphatic heterocycles. The van der Waals surface area contributed by atoms with Crippen LogP contribution in [0.25, 0.3) is 0 Å². The second kappa shape index (κ2) is 12.5. The number of amides is 2. The van der Waals surface area contributed by atoms with Gasteiger partial charge in [-0.05, 0) is 68.3 Å². The maximum absolute atomic E-state index is 13.6. The minimum atomic E-state index is -0.806. The van der Waals surface area contributed by atoms with Crippen molar-refractivity contribution in [3.05, 3.63) is 99.0 Å². The van der Waals surface area contributed by atoms with Gasteiger partial charge in [-0.1, -0.05) is 71.2 Å². The zero-order chi connectivity index (χ0) is 26.3. The van der Waals surface area contributed by atoms with Crippen LogP contribution in [0.1, 0.15) is 31.9 Å². The summed E-state index contributed by atoms with van der Waals surface area (Å²) < 4.78 is 5.74. The third-order valence-electron chi connectivity index (χ3n) is 5.30. The van der Waals surface area contributed by atoms with E-state index in [0.29, 0.717) is 32.8 Å². The molecule has 0 saturated carbocycles. The summed E-state index contributed by atoms with van der Waals surface area (Å²) in [6.45, 7) is 5.54. The monoisotopic (exact) mass is 546 g/mol. The third kappa shape index (κ3) is 8.44. The average molecular weight is 548 g/mol. The van der Waals surface area contributed by atoms with Crippen molar-refractivity contribution in [3.8, 4) is 5.75 Å². The van der Waals surface area contributed by atoms with E-state index in [-0.39, 0.29) is 25.0 Å². The molecule has 0 saturated heterocycles. The smallest absolute Gasteiger partial charge is 0.261 e. The normalized spacial score (nSPS) is 12.1. The van der Waals surface area contributed by atoms with Crippen LogP contribution in [0.15, 0.2) is 72.8 Å². The molecule has 0 aliphatic carbocycles. The van der Waals surface area contributed by atoms with Crippen molar-refractivity contribution in [3.63, 3.8) is 0 Å². The Hall–Kier alpha value is -2.73. The van der Waals surface area contributed by atoms with E-state index in [4.69, 9.17) is 39.5 Å². The summed E-state index contributed by atoms with van der Waals surface area (Å²) in [6, 6.07) is 20.6. The van der Waals surface area contributed by atoms with Gasteiger partial charge in [-0.25, -0.2) is 0 Å². The highest BCUT2D eigenvalue weighted by molar-refractivity contribution is 6.35. The molecule has 5 nitrogen and oxygen atoms in total. The number of carbonyl (C=O) groups excluding carboxylic acids is 2. The molecule has 1 atom stereocenters. The summed E-state index contributed by atoms with van der Waals surface area (Å²) in [5.74, 6) is -0.131. The Kier molecular flexibility index (Phi) is 9.66. The van der Waals surface area contributed by atoms with Crippen LogP contribution < -0.4 is 10.1 Å². The molecule has 1 N–H and O–H groups in total. The topological polar surface area (TPSA) is 58.6 Å². The van der Waals surface area contributed by atoms with Crippen LogP contribution >= 0.6 is 34.8 Å². The molecular formula is C28H29Cl3N2O3. The minimum absolute atomic E-state index is 0.105. The zero-order valence-electron chi connectivity index (χ0n) is 20.4. The number of hydrogen-bond acceptors (Lipinski definition) is 3. The summed E-state index contributed by atoms with van der Waals surface area (Å²) in [6.07, 6.45) is 0.320. The molecule has 0 heterocycles. The first kappa shape index (κ1) is 27.9. The lowest BCUT2D eigenvalue weighted by Crippen LogP contribution is -2.55. The molecule has 0 aromatic heterocycles. The van der Waals surface area contributed by atoms with Crippen LogP contribution in [0, 0.1) is 0 Å². The van der Waals surface area contributed by atoms with Crippen LogP contribution in [0.4, 0.5) is 0 Å². The van der Waals surface area contributed by atoms with Crippen molar-refractivity contribution in [2.45, 2.75) is 45.3 Å². The molecule has 8 heteroatoms. The van der Waals surface area contributed by atoms with Gasteiger partial charge < -0.3 is 15.0 Å². The quantitative estimate of drug-likeness (QED) is 0.329. The molecule has 0 bridgehead atoms. The Morgan fingerprint density at radius 2 is 1.56 bits per heavy atom. The van der Waals surface area contributed by atoms with Crippen molar-refractivity contribution in [1.29, 1.82) is 0 Å². The maximum atomic E-state index is 13.6. The van der Waals surface area contributed by atoms with Gasteiger partial charge in [-0.15, -0.1) is 0 Å². The lowest BCUT2D eigenvalue weighted by Gasteiger charge is -2.34. The Balaban J connectivity index is 1.95. The highest BCUT2D eigenvalue weighted by Crippen LogP contribution is 2.25. The molecule has 3 rings (SSSR count). The van der Waals surface area contributed by atoms with E-state index < -0.39 is 11.6 Å².